The summed E-state index contributed by atoms with van der Waals surface area (Å²) in [6.45, 7) is 2.08. The molecule has 1 nitrogen and oxygen atoms in total. The Labute approximate surface area is 82.9 Å². The van der Waals surface area contributed by atoms with Crippen molar-refractivity contribution in [2.75, 3.05) is 0 Å². The molecule has 3 N–H and O–H groups in total. The Hall–Kier alpha value is -1.05. The molecule has 0 radical (unpaired) electrons. The highest BCUT2D eigenvalue weighted by molar-refractivity contribution is 6.35. The standard InChI is InChI=1S/C11H9Cl.H3N/c1-8-5-6-10-9(7-8)3-2-4-11(10)12;/h2-7H,1H3;1H3. The molecule has 0 unspecified atom stereocenters. The van der Waals surface area contributed by atoms with Gasteiger partial charge in [-0.25, -0.2) is 0 Å². The average molecular weight is 194 g/mol. The Bertz CT molecular complexity index is 423. The second kappa shape index (κ2) is 3.77. The van der Waals surface area contributed by atoms with E-state index in [2.05, 4.69) is 31.2 Å². The third kappa shape index (κ3) is 1.82. The predicted octanol–water partition coefficient (Wildman–Crippen LogP) is 3.96. The number of hydrogen-bond acceptors (Lipinski definition) is 1. The van der Waals surface area contributed by atoms with Gasteiger partial charge in [-0.05, 0) is 18.4 Å². The molecule has 2 aromatic carbocycles. The molecule has 2 heteroatoms. The van der Waals surface area contributed by atoms with Crippen molar-refractivity contribution in [3.05, 3.63) is 47.0 Å². The van der Waals surface area contributed by atoms with Crippen LogP contribution in [0.2, 0.25) is 5.02 Å². The maximum atomic E-state index is 6.01. The van der Waals surface area contributed by atoms with Gasteiger partial charge < -0.3 is 6.15 Å². The lowest BCUT2D eigenvalue weighted by atomic mass is 10.1. The molecule has 0 aliphatic rings. The van der Waals surface area contributed by atoms with Gasteiger partial charge in [0.25, 0.3) is 0 Å². The zero-order valence-corrected chi connectivity index (χ0v) is 8.31. The topological polar surface area (TPSA) is 35.0 Å². The molecule has 0 amide bonds. The van der Waals surface area contributed by atoms with Crippen LogP contribution in [0.4, 0.5) is 0 Å². The maximum Gasteiger partial charge on any atom is 0.0484 e. The van der Waals surface area contributed by atoms with E-state index < -0.39 is 0 Å². The molecule has 0 aliphatic heterocycles. The highest BCUT2D eigenvalue weighted by atomic mass is 35.5. The molecule has 0 fully saturated rings. The van der Waals surface area contributed by atoms with Crippen molar-refractivity contribution >= 4 is 22.4 Å². The number of fused-ring (bicyclic) bond motifs is 1. The fraction of sp³-hybridized carbons (Fsp3) is 0.0909. The van der Waals surface area contributed by atoms with E-state index in [1.165, 1.54) is 10.9 Å². The zero-order valence-electron chi connectivity index (χ0n) is 7.55. The van der Waals surface area contributed by atoms with Crippen LogP contribution in [0.15, 0.2) is 36.4 Å². The van der Waals surface area contributed by atoms with E-state index in [9.17, 15) is 0 Å². The predicted molar refractivity (Wildman–Crippen MR) is 58.7 cm³/mol. The van der Waals surface area contributed by atoms with E-state index in [4.69, 9.17) is 11.6 Å². The van der Waals surface area contributed by atoms with Crippen molar-refractivity contribution in [1.29, 1.82) is 0 Å². The molecule has 0 atom stereocenters. The Morgan fingerprint density at radius 3 is 2.62 bits per heavy atom. The Morgan fingerprint density at radius 1 is 1.08 bits per heavy atom. The molecule has 2 rings (SSSR count). The number of aryl methyl sites for hydroxylation is 1. The first-order chi connectivity index (χ1) is 5.77. The van der Waals surface area contributed by atoms with Crippen molar-refractivity contribution in [2.45, 2.75) is 6.92 Å². The van der Waals surface area contributed by atoms with Gasteiger partial charge in [0.1, 0.15) is 0 Å². The van der Waals surface area contributed by atoms with E-state index in [-0.39, 0.29) is 6.15 Å². The summed E-state index contributed by atoms with van der Waals surface area (Å²) in [5.74, 6) is 0. The summed E-state index contributed by atoms with van der Waals surface area (Å²) >= 11 is 6.01. The molecule has 0 spiro atoms. The molecule has 0 bridgehead atoms. The van der Waals surface area contributed by atoms with Crippen molar-refractivity contribution in [3.63, 3.8) is 0 Å². The van der Waals surface area contributed by atoms with Crippen molar-refractivity contribution in [3.8, 4) is 0 Å². The van der Waals surface area contributed by atoms with Gasteiger partial charge >= 0.3 is 0 Å². The van der Waals surface area contributed by atoms with Gasteiger partial charge in [0, 0.05) is 10.4 Å². The highest BCUT2D eigenvalue weighted by Gasteiger charge is 1.96. The smallest absolute Gasteiger partial charge is 0.0484 e. The monoisotopic (exact) mass is 193 g/mol. The summed E-state index contributed by atoms with van der Waals surface area (Å²) < 4.78 is 0. The third-order valence-corrected chi connectivity index (χ3v) is 2.31. The zero-order chi connectivity index (χ0) is 8.55. The van der Waals surface area contributed by atoms with Gasteiger partial charge in [-0.3, -0.25) is 0 Å². The normalized spacial score (nSPS) is 9.69. The Balaban J connectivity index is 0.000000845. The summed E-state index contributed by atoms with van der Waals surface area (Å²) in [4.78, 5) is 0. The number of rotatable bonds is 0. The van der Waals surface area contributed by atoms with E-state index in [0.29, 0.717) is 0 Å². The SMILES string of the molecule is Cc1ccc2c(Cl)cccc2c1.N. The van der Waals surface area contributed by atoms with Gasteiger partial charge in [0.05, 0.1) is 0 Å². The molecule has 68 valence electrons. The largest absolute Gasteiger partial charge is 0.344 e. The van der Waals surface area contributed by atoms with Gasteiger partial charge in [0.2, 0.25) is 0 Å². The first-order valence-electron chi connectivity index (χ1n) is 3.92. The molecule has 0 aromatic heterocycles. The molecular weight excluding hydrogens is 182 g/mol. The van der Waals surface area contributed by atoms with Crippen molar-refractivity contribution < 1.29 is 0 Å². The van der Waals surface area contributed by atoms with Crippen LogP contribution in [0.5, 0.6) is 0 Å². The third-order valence-electron chi connectivity index (χ3n) is 1.98. The first-order valence-corrected chi connectivity index (χ1v) is 4.30. The van der Waals surface area contributed by atoms with Gasteiger partial charge in [-0.1, -0.05) is 47.5 Å². The fourth-order valence-electron chi connectivity index (χ4n) is 1.36. The Kier molecular flexibility index (Phi) is 2.91. The average Bonchev–Trinajstić information content (AvgIpc) is 2.04. The molecule has 13 heavy (non-hydrogen) atoms. The van der Waals surface area contributed by atoms with E-state index in [0.717, 1.165) is 10.4 Å². The molecular formula is C11H12ClN. The van der Waals surface area contributed by atoms with E-state index in [1.807, 2.05) is 12.1 Å². The molecule has 0 saturated carbocycles. The van der Waals surface area contributed by atoms with E-state index in [1.54, 1.807) is 0 Å². The maximum absolute atomic E-state index is 6.01. The number of hydrogen-bond donors (Lipinski definition) is 1. The molecule has 2 aromatic rings. The summed E-state index contributed by atoms with van der Waals surface area (Å²) in [5, 5.41) is 3.17. The minimum atomic E-state index is 0. The molecule has 0 saturated heterocycles. The van der Waals surface area contributed by atoms with Crippen LogP contribution in [0.3, 0.4) is 0 Å². The lowest BCUT2D eigenvalue weighted by Crippen LogP contribution is -1.75. The van der Waals surface area contributed by atoms with Crippen LogP contribution >= 0.6 is 11.6 Å². The number of halogens is 1. The lowest BCUT2D eigenvalue weighted by molar-refractivity contribution is 1.51. The van der Waals surface area contributed by atoms with Crippen molar-refractivity contribution in [2.24, 2.45) is 0 Å². The highest BCUT2D eigenvalue weighted by Crippen LogP contribution is 2.23. The Morgan fingerprint density at radius 2 is 1.85 bits per heavy atom. The van der Waals surface area contributed by atoms with Crippen molar-refractivity contribution in [1.82, 2.24) is 6.15 Å². The second-order valence-electron chi connectivity index (χ2n) is 2.96. The van der Waals surface area contributed by atoms with Crippen LogP contribution in [0, 0.1) is 6.92 Å². The van der Waals surface area contributed by atoms with Gasteiger partial charge in [-0.15, -0.1) is 0 Å². The van der Waals surface area contributed by atoms with Gasteiger partial charge in [-0.2, -0.15) is 0 Å². The summed E-state index contributed by atoms with van der Waals surface area (Å²) in [6, 6.07) is 12.2. The second-order valence-corrected chi connectivity index (χ2v) is 3.37. The van der Waals surface area contributed by atoms with E-state index >= 15 is 0 Å². The summed E-state index contributed by atoms with van der Waals surface area (Å²) in [6.07, 6.45) is 0. The van der Waals surface area contributed by atoms with Crippen LogP contribution < -0.4 is 6.15 Å². The minimum Gasteiger partial charge on any atom is -0.344 e. The lowest BCUT2D eigenvalue weighted by Gasteiger charge is -2.00. The number of benzene rings is 2. The molecule has 0 aliphatic carbocycles. The summed E-state index contributed by atoms with van der Waals surface area (Å²) in [5.41, 5.74) is 1.27. The summed E-state index contributed by atoms with van der Waals surface area (Å²) in [7, 11) is 0. The van der Waals surface area contributed by atoms with Crippen LogP contribution in [0.25, 0.3) is 10.8 Å². The van der Waals surface area contributed by atoms with Crippen LogP contribution in [-0.2, 0) is 0 Å². The quantitative estimate of drug-likeness (QED) is 0.675. The minimum absolute atomic E-state index is 0. The fourth-order valence-corrected chi connectivity index (χ4v) is 1.61. The van der Waals surface area contributed by atoms with Crippen LogP contribution in [0.1, 0.15) is 5.56 Å². The molecule has 0 heterocycles. The first kappa shape index (κ1) is 10.0. The van der Waals surface area contributed by atoms with Gasteiger partial charge in [0.15, 0.2) is 0 Å². The van der Waals surface area contributed by atoms with Crippen LogP contribution in [-0.4, -0.2) is 0 Å².